The zero-order valence-corrected chi connectivity index (χ0v) is 8.09. The molecule has 4 nitrogen and oxygen atoms in total. The van der Waals surface area contributed by atoms with E-state index >= 15 is 0 Å². The van der Waals surface area contributed by atoms with Crippen molar-refractivity contribution in [2.45, 2.75) is 0 Å². The third kappa shape index (κ3) is 1.83. The van der Waals surface area contributed by atoms with E-state index in [2.05, 4.69) is 10.6 Å². The molecule has 2 N–H and O–H groups in total. The van der Waals surface area contributed by atoms with Crippen LogP contribution in [0.3, 0.4) is 0 Å². The smallest absolute Gasteiger partial charge is 0.253 e. The average Bonchev–Trinajstić information content (AvgIpc) is 2.27. The molecule has 0 fully saturated rings. The van der Waals surface area contributed by atoms with Crippen molar-refractivity contribution in [2.75, 3.05) is 19.4 Å². The lowest BCUT2D eigenvalue weighted by atomic mass is 10.1. The third-order valence-electron chi connectivity index (χ3n) is 1.89. The molecule has 14 heavy (non-hydrogen) atoms. The van der Waals surface area contributed by atoms with Crippen molar-refractivity contribution in [1.29, 1.82) is 5.26 Å². The number of rotatable bonds is 2. The van der Waals surface area contributed by atoms with Crippen molar-refractivity contribution >= 4 is 11.6 Å². The van der Waals surface area contributed by atoms with Crippen LogP contribution in [0.5, 0.6) is 0 Å². The van der Waals surface area contributed by atoms with E-state index in [1.807, 2.05) is 6.07 Å². The Labute approximate surface area is 82.5 Å². The van der Waals surface area contributed by atoms with Crippen LogP contribution in [0.1, 0.15) is 15.9 Å². The minimum absolute atomic E-state index is 0.168. The molecule has 1 amide bonds. The molecular weight excluding hydrogens is 178 g/mol. The number of hydrogen-bond acceptors (Lipinski definition) is 3. The van der Waals surface area contributed by atoms with E-state index in [1.165, 1.54) is 0 Å². The molecule has 72 valence electrons. The van der Waals surface area contributed by atoms with E-state index < -0.39 is 0 Å². The van der Waals surface area contributed by atoms with Crippen molar-refractivity contribution in [3.8, 4) is 6.07 Å². The fourth-order valence-corrected chi connectivity index (χ4v) is 1.15. The molecular formula is C10H11N3O. The molecule has 0 atom stereocenters. The number of carbonyl (C=O) groups excluding carboxylic acids is 1. The van der Waals surface area contributed by atoms with Gasteiger partial charge in [0.1, 0.15) is 0 Å². The molecule has 0 aliphatic carbocycles. The Balaban J connectivity index is 3.19. The first-order valence-corrected chi connectivity index (χ1v) is 4.17. The van der Waals surface area contributed by atoms with E-state index in [0.717, 1.165) is 0 Å². The van der Waals surface area contributed by atoms with Gasteiger partial charge < -0.3 is 10.6 Å². The second-order valence-electron chi connectivity index (χ2n) is 2.70. The van der Waals surface area contributed by atoms with Gasteiger partial charge >= 0.3 is 0 Å². The molecule has 0 saturated heterocycles. The maximum atomic E-state index is 11.4. The third-order valence-corrected chi connectivity index (χ3v) is 1.89. The monoisotopic (exact) mass is 189 g/mol. The summed E-state index contributed by atoms with van der Waals surface area (Å²) in [6.45, 7) is 0. The van der Waals surface area contributed by atoms with Crippen molar-refractivity contribution < 1.29 is 4.79 Å². The van der Waals surface area contributed by atoms with Gasteiger partial charge in [0, 0.05) is 19.8 Å². The highest BCUT2D eigenvalue weighted by atomic mass is 16.1. The van der Waals surface area contributed by atoms with E-state index in [1.54, 1.807) is 32.3 Å². The number of carbonyl (C=O) groups is 1. The molecule has 0 aromatic heterocycles. The predicted molar refractivity (Wildman–Crippen MR) is 54.1 cm³/mol. The lowest BCUT2D eigenvalue weighted by Gasteiger charge is -2.07. The maximum absolute atomic E-state index is 11.4. The van der Waals surface area contributed by atoms with Crippen LogP contribution < -0.4 is 10.6 Å². The van der Waals surface area contributed by atoms with Crippen molar-refractivity contribution in [1.82, 2.24) is 5.32 Å². The van der Waals surface area contributed by atoms with Crippen molar-refractivity contribution in [3.63, 3.8) is 0 Å². The summed E-state index contributed by atoms with van der Waals surface area (Å²) in [7, 11) is 3.28. The topological polar surface area (TPSA) is 64.9 Å². The SMILES string of the molecule is CNC(=O)c1ccc(C#N)cc1NC. The molecule has 1 aromatic carbocycles. The second kappa shape index (κ2) is 4.28. The summed E-state index contributed by atoms with van der Waals surface area (Å²) in [5.74, 6) is -0.168. The molecule has 0 bridgehead atoms. The molecule has 1 aromatic rings. The van der Waals surface area contributed by atoms with Crippen LogP contribution in [-0.2, 0) is 0 Å². The Morgan fingerprint density at radius 1 is 1.43 bits per heavy atom. The molecule has 0 radical (unpaired) electrons. The van der Waals surface area contributed by atoms with Crippen molar-refractivity contribution in [3.05, 3.63) is 29.3 Å². The number of nitrogens with one attached hydrogen (secondary N) is 2. The minimum Gasteiger partial charge on any atom is -0.387 e. The number of benzene rings is 1. The summed E-state index contributed by atoms with van der Waals surface area (Å²) in [5, 5.41) is 14.1. The average molecular weight is 189 g/mol. The largest absolute Gasteiger partial charge is 0.387 e. The highest BCUT2D eigenvalue weighted by Crippen LogP contribution is 2.16. The van der Waals surface area contributed by atoms with Crippen molar-refractivity contribution in [2.24, 2.45) is 0 Å². The van der Waals surface area contributed by atoms with E-state index in [0.29, 0.717) is 16.8 Å². The molecule has 4 heteroatoms. The number of amides is 1. The van der Waals surface area contributed by atoms with Gasteiger partial charge in [-0.3, -0.25) is 4.79 Å². The first-order valence-electron chi connectivity index (χ1n) is 4.17. The van der Waals surface area contributed by atoms with Gasteiger partial charge in [-0.05, 0) is 18.2 Å². The van der Waals surface area contributed by atoms with Crippen LogP contribution in [0.4, 0.5) is 5.69 Å². The van der Waals surface area contributed by atoms with Crippen LogP contribution in [0, 0.1) is 11.3 Å². The number of anilines is 1. The number of nitrogens with zero attached hydrogens (tertiary/aromatic N) is 1. The van der Waals surface area contributed by atoms with Gasteiger partial charge in [-0.2, -0.15) is 5.26 Å². The molecule has 0 aliphatic heterocycles. The fraction of sp³-hybridized carbons (Fsp3) is 0.200. The Hall–Kier alpha value is -2.02. The summed E-state index contributed by atoms with van der Waals surface area (Å²) in [6.07, 6.45) is 0. The van der Waals surface area contributed by atoms with Gasteiger partial charge in [0.05, 0.1) is 17.2 Å². The first kappa shape index (κ1) is 10.1. The molecule has 0 heterocycles. The fourth-order valence-electron chi connectivity index (χ4n) is 1.15. The van der Waals surface area contributed by atoms with E-state index in [9.17, 15) is 4.79 Å². The highest BCUT2D eigenvalue weighted by Gasteiger charge is 2.08. The molecule has 0 saturated carbocycles. The Morgan fingerprint density at radius 2 is 2.14 bits per heavy atom. The Kier molecular flexibility index (Phi) is 3.08. The summed E-state index contributed by atoms with van der Waals surface area (Å²) in [4.78, 5) is 11.4. The zero-order chi connectivity index (χ0) is 10.6. The van der Waals surface area contributed by atoms with Crippen LogP contribution in [-0.4, -0.2) is 20.0 Å². The Morgan fingerprint density at radius 3 is 2.64 bits per heavy atom. The van der Waals surface area contributed by atoms with Gasteiger partial charge in [-0.25, -0.2) is 0 Å². The van der Waals surface area contributed by atoms with Crippen LogP contribution in [0.2, 0.25) is 0 Å². The van der Waals surface area contributed by atoms with Gasteiger partial charge in [0.25, 0.3) is 5.91 Å². The van der Waals surface area contributed by atoms with Crippen LogP contribution >= 0.6 is 0 Å². The lowest BCUT2D eigenvalue weighted by Crippen LogP contribution is -2.19. The molecule has 0 aliphatic rings. The van der Waals surface area contributed by atoms with Crippen LogP contribution in [0.15, 0.2) is 18.2 Å². The predicted octanol–water partition coefficient (Wildman–Crippen LogP) is 0.960. The highest BCUT2D eigenvalue weighted by molar-refractivity contribution is 5.99. The summed E-state index contributed by atoms with van der Waals surface area (Å²) in [5.41, 5.74) is 1.72. The normalized spacial score (nSPS) is 8.93. The summed E-state index contributed by atoms with van der Waals surface area (Å²) < 4.78 is 0. The standard InChI is InChI=1S/C10H11N3O/c1-12-9-5-7(6-11)3-4-8(9)10(14)13-2/h3-5,12H,1-2H3,(H,13,14). The quantitative estimate of drug-likeness (QED) is 0.728. The van der Waals surface area contributed by atoms with E-state index in [4.69, 9.17) is 5.26 Å². The number of nitriles is 1. The summed E-state index contributed by atoms with van der Waals surface area (Å²) in [6, 6.07) is 6.90. The molecule has 1 rings (SSSR count). The van der Waals surface area contributed by atoms with Crippen LogP contribution in [0.25, 0.3) is 0 Å². The maximum Gasteiger partial charge on any atom is 0.253 e. The van der Waals surface area contributed by atoms with Gasteiger partial charge in [-0.15, -0.1) is 0 Å². The summed E-state index contributed by atoms with van der Waals surface area (Å²) >= 11 is 0. The van der Waals surface area contributed by atoms with Gasteiger partial charge in [0.2, 0.25) is 0 Å². The van der Waals surface area contributed by atoms with E-state index in [-0.39, 0.29) is 5.91 Å². The second-order valence-corrected chi connectivity index (χ2v) is 2.70. The zero-order valence-electron chi connectivity index (χ0n) is 8.09. The van der Waals surface area contributed by atoms with Gasteiger partial charge in [-0.1, -0.05) is 0 Å². The van der Waals surface area contributed by atoms with Gasteiger partial charge in [0.15, 0.2) is 0 Å². The molecule has 0 unspecified atom stereocenters. The first-order chi connectivity index (χ1) is 6.72. The minimum atomic E-state index is -0.168. The number of hydrogen-bond donors (Lipinski definition) is 2. The lowest BCUT2D eigenvalue weighted by molar-refractivity contribution is 0.0964. The molecule has 0 spiro atoms. The Bertz CT molecular complexity index is 393.